The Balaban J connectivity index is 1.57. The summed E-state index contributed by atoms with van der Waals surface area (Å²) in [5.74, 6) is 2.16. The van der Waals surface area contributed by atoms with E-state index in [0.29, 0.717) is 19.1 Å². The summed E-state index contributed by atoms with van der Waals surface area (Å²) in [5.41, 5.74) is 3.14. The Morgan fingerprint density at radius 1 is 1.04 bits per heavy atom. The molecule has 0 bridgehead atoms. The van der Waals surface area contributed by atoms with Gasteiger partial charge in [0.25, 0.3) is 5.91 Å². The predicted octanol–water partition coefficient (Wildman–Crippen LogP) is 4.56. The van der Waals surface area contributed by atoms with E-state index in [9.17, 15) is 4.79 Å². The Labute approximate surface area is 154 Å². The van der Waals surface area contributed by atoms with Crippen molar-refractivity contribution >= 4 is 5.91 Å². The summed E-state index contributed by atoms with van der Waals surface area (Å²) in [6, 6.07) is 14.2. The third-order valence-electron chi connectivity index (χ3n) is 5.29. The van der Waals surface area contributed by atoms with Gasteiger partial charge in [-0.1, -0.05) is 32.0 Å². The minimum Gasteiger partial charge on any atom is -0.486 e. The van der Waals surface area contributed by atoms with Crippen LogP contribution in [0.15, 0.2) is 42.5 Å². The molecule has 0 unspecified atom stereocenters. The fourth-order valence-corrected chi connectivity index (χ4v) is 3.80. The molecule has 26 heavy (non-hydrogen) atoms. The van der Waals surface area contributed by atoms with Gasteiger partial charge in [0, 0.05) is 12.1 Å². The largest absolute Gasteiger partial charge is 0.486 e. The monoisotopic (exact) mass is 351 g/mol. The maximum absolute atomic E-state index is 13.1. The molecule has 2 aromatic rings. The molecule has 2 aromatic carbocycles. The Bertz CT molecular complexity index is 798. The first-order valence-electron chi connectivity index (χ1n) is 9.44. The van der Waals surface area contributed by atoms with Gasteiger partial charge in [-0.2, -0.15) is 0 Å². The maximum Gasteiger partial charge on any atom is 0.254 e. The molecule has 1 fully saturated rings. The first-order chi connectivity index (χ1) is 12.6. The van der Waals surface area contributed by atoms with Crippen LogP contribution in [0.4, 0.5) is 0 Å². The Hall–Kier alpha value is -2.49. The van der Waals surface area contributed by atoms with Crippen LogP contribution in [-0.2, 0) is 0 Å². The number of hydrogen-bond acceptors (Lipinski definition) is 3. The normalized spacial score (nSPS) is 19.0. The lowest BCUT2D eigenvalue weighted by Crippen LogP contribution is -2.30. The summed E-state index contributed by atoms with van der Waals surface area (Å²) < 4.78 is 11.3. The van der Waals surface area contributed by atoms with Crippen LogP contribution in [-0.4, -0.2) is 30.6 Å². The van der Waals surface area contributed by atoms with Crippen molar-refractivity contribution < 1.29 is 14.3 Å². The molecule has 0 radical (unpaired) electrons. The zero-order valence-electron chi connectivity index (χ0n) is 15.4. The molecule has 136 valence electrons. The van der Waals surface area contributed by atoms with Crippen LogP contribution >= 0.6 is 0 Å². The second-order valence-electron chi connectivity index (χ2n) is 7.34. The van der Waals surface area contributed by atoms with Crippen LogP contribution in [0.1, 0.15) is 60.1 Å². The van der Waals surface area contributed by atoms with Gasteiger partial charge in [0.05, 0.1) is 6.04 Å². The first-order valence-corrected chi connectivity index (χ1v) is 9.44. The lowest BCUT2D eigenvalue weighted by atomic mass is 10.0. The zero-order chi connectivity index (χ0) is 18.1. The van der Waals surface area contributed by atoms with Crippen molar-refractivity contribution in [1.82, 2.24) is 4.90 Å². The fraction of sp³-hybridized carbons (Fsp3) is 0.409. The van der Waals surface area contributed by atoms with E-state index in [1.54, 1.807) is 0 Å². The minimum atomic E-state index is 0.100. The average molecular weight is 351 g/mol. The fourth-order valence-electron chi connectivity index (χ4n) is 3.80. The molecule has 2 aliphatic heterocycles. The summed E-state index contributed by atoms with van der Waals surface area (Å²) in [4.78, 5) is 15.1. The van der Waals surface area contributed by atoms with Gasteiger partial charge in [-0.05, 0) is 54.2 Å². The molecule has 0 aromatic heterocycles. The lowest BCUT2D eigenvalue weighted by Gasteiger charge is -2.27. The number of amides is 1. The van der Waals surface area contributed by atoms with Crippen molar-refractivity contribution in [2.75, 3.05) is 19.8 Å². The van der Waals surface area contributed by atoms with Crippen LogP contribution in [0.5, 0.6) is 11.5 Å². The molecule has 0 N–H and O–H groups in total. The molecule has 0 saturated carbocycles. The molecule has 1 saturated heterocycles. The van der Waals surface area contributed by atoms with E-state index >= 15 is 0 Å². The van der Waals surface area contributed by atoms with Gasteiger partial charge in [-0.15, -0.1) is 0 Å². The molecule has 2 aliphatic rings. The molecule has 0 aliphatic carbocycles. The summed E-state index contributed by atoms with van der Waals surface area (Å²) in [7, 11) is 0. The third kappa shape index (κ3) is 3.16. The number of nitrogens with zero attached hydrogens (tertiary/aromatic N) is 1. The highest BCUT2D eigenvalue weighted by molar-refractivity contribution is 5.94. The highest BCUT2D eigenvalue weighted by Gasteiger charge is 2.31. The van der Waals surface area contributed by atoms with Crippen molar-refractivity contribution in [2.24, 2.45) is 0 Å². The molecule has 4 rings (SSSR count). The Kier molecular flexibility index (Phi) is 4.58. The average Bonchev–Trinajstić information content (AvgIpc) is 3.17. The van der Waals surface area contributed by atoms with Gasteiger partial charge < -0.3 is 14.4 Å². The van der Waals surface area contributed by atoms with Crippen molar-refractivity contribution in [2.45, 2.75) is 38.6 Å². The van der Waals surface area contributed by atoms with Crippen LogP contribution in [0.25, 0.3) is 0 Å². The SMILES string of the molecule is CC(C)c1ccc(C(=O)N2CCC[C@H]2c2ccc3c(c2)OCCO3)cc1. The minimum absolute atomic E-state index is 0.100. The number of carbonyl (C=O) groups excluding carboxylic acids is 1. The standard InChI is InChI=1S/C22H25NO3/c1-15(2)16-5-7-17(8-6-16)22(24)23-11-3-4-19(23)18-9-10-20-21(14-18)26-13-12-25-20/h5-10,14-15,19H,3-4,11-13H2,1-2H3/t19-/m0/s1. The molecule has 1 atom stereocenters. The summed E-state index contributed by atoms with van der Waals surface area (Å²) >= 11 is 0. The van der Waals surface area contributed by atoms with Crippen LogP contribution in [0.2, 0.25) is 0 Å². The second-order valence-corrected chi connectivity index (χ2v) is 7.34. The number of ether oxygens (including phenoxy) is 2. The molecule has 1 amide bonds. The predicted molar refractivity (Wildman–Crippen MR) is 101 cm³/mol. The molecular formula is C22H25NO3. The number of fused-ring (bicyclic) bond motifs is 1. The lowest BCUT2D eigenvalue weighted by molar-refractivity contribution is 0.0735. The highest BCUT2D eigenvalue weighted by Crippen LogP contribution is 2.38. The third-order valence-corrected chi connectivity index (χ3v) is 5.29. The van der Waals surface area contributed by atoms with Gasteiger partial charge in [0.1, 0.15) is 13.2 Å². The zero-order valence-corrected chi connectivity index (χ0v) is 15.4. The summed E-state index contributed by atoms with van der Waals surface area (Å²) in [5, 5.41) is 0. The molecule has 4 nitrogen and oxygen atoms in total. The number of hydrogen-bond donors (Lipinski definition) is 0. The maximum atomic E-state index is 13.1. The van der Waals surface area contributed by atoms with Crippen LogP contribution < -0.4 is 9.47 Å². The van der Waals surface area contributed by atoms with Crippen molar-refractivity contribution in [3.63, 3.8) is 0 Å². The van der Waals surface area contributed by atoms with E-state index in [4.69, 9.17) is 9.47 Å². The quantitative estimate of drug-likeness (QED) is 0.814. The first kappa shape index (κ1) is 17.0. The van der Waals surface area contributed by atoms with E-state index in [2.05, 4.69) is 32.0 Å². The van der Waals surface area contributed by atoms with E-state index in [-0.39, 0.29) is 11.9 Å². The molecule has 2 heterocycles. The number of carbonyl (C=O) groups is 1. The topological polar surface area (TPSA) is 38.8 Å². The van der Waals surface area contributed by atoms with Crippen molar-refractivity contribution in [1.29, 1.82) is 0 Å². The van der Waals surface area contributed by atoms with E-state index in [1.165, 1.54) is 5.56 Å². The molecular weight excluding hydrogens is 326 g/mol. The Morgan fingerprint density at radius 3 is 2.50 bits per heavy atom. The van der Waals surface area contributed by atoms with Crippen molar-refractivity contribution in [3.8, 4) is 11.5 Å². The van der Waals surface area contributed by atoms with Gasteiger partial charge in [-0.25, -0.2) is 0 Å². The number of rotatable bonds is 3. The van der Waals surface area contributed by atoms with Gasteiger partial charge in [-0.3, -0.25) is 4.79 Å². The van der Waals surface area contributed by atoms with Crippen molar-refractivity contribution in [3.05, 3.63) is 59.2 Å². The number of likely N-dealkylation sites (tertiary alicyclic amines) is 1. The molecule has 4 heteroatoms. The number of benzene rings is 2. The Morgan fingerprint density at radius 2 is 1.77 bits per heavy atom. The van der Waals surface area contributed by atoms with E-state index in [0.717, 1.165) is 42.0 Å². The smallest absolute Gasteiger partial charge is 0.254 e. The summed E-state index contributed by atoms with van der Waals surface area (Å²) in [6.45, 7) is 6.28. The van der Waals surface area contributed by atoms with Crippen LogP contribution in [0.3, 0.4) is 0 Å². The van der Waals surface area contributed by atoms with Gasteiger partial charge in [0.2, 0.25) is 0 Å². The van der Waals surface area contributed by atoms with E-state index < -0.39 is 0 Å². The summed E-state index contributed by atoms with van der Waals surface area (Å²) in [6.07, 6.45) is 2.00. The molecule has 0 spiro atoms. The van der Waals surface area contributed by atoms with Gasteiger partial charge in [0.15, 0.2) is 11.5 Å². The highest BCUT2D eigenvalue weighted by atomic mass is 16.6. The van der Waals surface area contributed by atoms with Gasteiger partial charge >= 0.3 is 0 Å². The van der Waals surface area contributed by atoms with E-state index in [1.807, 2.05) is 29.2 Å². The van der Waals surface area contributed by atoms with Crippen LogP contribution in [0, 0.1) is 0 Å². The second kappa shape index (κ2) is 7.02.